The highest BCUT2D eigenvalue weighted by Crippen LogP contribution is 2.18. The maximum absolute atomic E-state index is 12.3. The van der Waals surface area contributed by atoms with Gasteiger partial charge >= 0.3 is 0 Å². The fourth-order valence-electron chi connectivity index (χ4n) is 1.93. The normalized spacial score (nSPS) is 18.8. The van der Waals surface area contributed by atoms with Crippen LogP contribution in [-0.4, -0.2) is 54.4 Å². The summed E-state index contributed by atoms with van der Waals surface area (Å²) in [6.45, 7) is 5.41. The van der Waals surface area contributed by atoms with E-state index in [1.807, 2.05) is 13.8 Å². The van der Waals surface area contributed by atoms with E-state index < -0.39 is 10.2 Å². The molecule has 0 bridgehead atoms. The van der Waals surface area contributed by atoms with Gasteiger partial charge in [-0.05, 0) is 33.1 Å². The zero-order chi connectivity index (χ0) is 12.2. The molecule has 1 aliphatic rings. The molecule has 0 amide bonds. The zero-order valence-electron chi connectivity index (χ0n) is 10.1. The summed E-state index contributed by atoms with van der Waals surface area (Å²) >= 11 is 0. The van der Waals surface area contributed by atoms with E-state index in [4.69, 9.17) is 5.11 Å². The third kappa shape index (κ3) is 3.16. The standard InChI is InChI=1S/C10H22N2O3S/c1-10(2)12(8-5-9-13)16(14,15)11-6-3-4-7-11/h10,13H,3-9H2,1-2H3. The van der Waals surface area contributed by atoms with Gasteiger partial charge in [-0.15, -0.1) is 0 Å². The van der Waals surface area contributed by atoms with Crippen LogP contribution in [0.4, 0.5) is 0 Å². The van der Waals surface area contributed by atoms with Crippen molar-refractivity contribution >= 4 is 10.2 Å². The smallest absolute Gasteiger partial charge is 0.282 e. The van der Waals surface area contributed by atoms with Crippen molar-refractivity contribution in [2.24, 2.45) is 0 Å². The first-order chi connectivity index (χ1) is 7.50. The van der Waals surface area contributed by atoms with Gasteiger partial charge in [-0.25, -0.2) is 0 Å². The van der Waals surface area contributed by atoms with E-state index in [0.29, 0.717) is 26.1 Å². The molecule has 0 aromatic heterocycles. The lowest BCUT2D eigenvalue weighted by molar-refractivity contribution is 0.251. The van der Waals surface area contributed by atoms with Crippen LogP contribution in [0.25, 0.3) is 0 Å². The Kier molecular flexibility index (Phi) is 5.17. The molecule has 1 saturated heterocycles. The lowest BCUT2D eigenvalue weighted by Gasteiger charge is -2.29. The van der Waals surface area contributed by atoms with Crippen molar-refractivity contribution in [3.63, 3.8) is 0 Å². The second kappa shape index (κ2) is 5.95. The molecule has 5 nitrogen and oxygen atoms in total. The number of hydrogen-bond acceptors (Lipinski definition) is 3. The number of nitrogens with zero attached hydrogens (tertiary/aromatic N) is 2. The average molecular weight is 250 g/mol. The molecule has 0 radical (unpaired) electrons. The van der Waals surface area contributed by atoms with E-state index >= 15 is 0 Å². The highest BCUT2D eigenvalue weighted by atomic mass is 32.2. The SMILES string of the molecule is CC(C)N(CCCO)S(=O)(=O)N1CCCC1. The topological polar surface area (TPSA) is 60.9 Å². The minimum absolute atomic E-state index is 0.0265. The molecule has 1 N–H and O–H groups in total. The molecule has 16 heavy (non-hydrogen) atoms. The summed E-state index contributed by atoms with van der Waals surface area (Å²) in [6, 6.07) is -0.0582. The Morgan fingerprint density at radius 1 is 1.31 bits per heavy atom. The second-order valence-electron chi connectivity index (χ2n) is 4.40. The minimum atomic E-state index is -3.32. The van der Waals surface area contributed by atoms with E-state index in [1.165, 1.54) is 4.31 Å². The van der Waals surface area contributed by atoms with Gasteiger partial charge in [-0.2, -0.15) is 17.0 Å². The highest BCUT2D eigenvalue weighted by Gasteiger charge is 2.32. The summed E-state index contributed by atoms with van der Waals surface area (Å²) in [7, 11) is -3.32. The number of aliphatic hydroxyl groups excluding tert-OH is 1. The van der Waals surface area contributed by atoms with Crippen LogP contribution in [0.5, 0.6) is 0 Å². The Hall–Kier alpha value is -0.170. The number of hydrogen-bond donors (Lipinski definition) is 1. The maximum atomic E-state index is 12.3. The predicted octanol–water partition coefficient (Wildman–Crippen LogP) is 0.420. The lowest BCUT2D eigenvalue weighted by Crippen LogP contribution is -2.46. The van der Waals surface area contributed by atoms with Gasteiger partial charge in [0.05, 0.1) is 0 Å². The van der Waals surface area contributed by atoms with Crippen molar-refractivity contribution < 1.29 is 13.5 Å². The summed E-state index contributed by atoms with van der Waals surface area (Å²) in [5, 5.41) is 8.79. The van der Waals surface area contributed by atoms with Crippen LogP contribution < -0.4 is 0 Å². The summed E-state index contributed by atoms with van der Waals surface area (Å²) in [5.41, 5.74) is 0. The van der Waals surface area contributed by atoms with Crippen LogP contribution in [0.1, 0.15) is 33.1 Å². The molecule has 96 valence electrons. The first kappa shape index (κ1) is 13.9. The van der Waals surface area contributed by atoms with Gasteiger partial charge in [0.25, 0.3) is 10.2 Å². The maximum Gasteiger partial charge on any atom is 0.282 e. The van der Waals surface area contributed by atoms with E-state index in [2.05, 4.69) is 0 Å². The van der Waals surface area contributed by atoms with Crippen molar-refractivity contribution in [1.82, 2.24) is 8.61 Å². The average Bonchev–Trinajstić information content (AvgIpc) is 2.70. The monoisotopic (exact) mass is 250 g/mol. The van der Waals surface area contributed by atoms with Crippen molar-refractivity contribution in [2.75, 3.05) is 26.2 Å². The zero-order valence-corrected chi connectivity index (χ0v) is 10.9. The van der Waals surface area contributed by atoms with Gasteiger partial charge < -0.3 is 5.11 Å². The Bertz CT molecular complexity index is 297. The van der Waals surface area contributed by atoms with Gasteiger partial charge in [-0.1, -0.05) is 0 Å². The summed E-state index contributed by atoms with van der Waals surface area (Å²) < 4.78 is 27.5. The van der Waals surface area contributed by atoms with Crippen LogP contribution >= 0.6 is 0 Å². The Labute approximate surface area is 98.2 Å². The van der Waals surface area contributed by atoms with Crippen LogP contribution in [-0.2, 0) is 10.2 Å². The van der Waals surface area contributed by atoms with Gasteiger partial charge in [0.15, 0.2) is 0 Å². The van der Waals surface area contributed by atoms with Crippen LogP contribution in [0.2, 0.25) is 0 Å². The van der Waals surface area contributed by atoms with E-state index in [0.717, 1.165) is 12.8 Å². The van der Waals surface area contributed by atoms with E-state index in [1.54, 1.807) is 4.31 Å². The Morgan fingerprint density at radius 2 is 1.88 bits per heavy atom. The van der Waals surface area contributed by atoms with Crippen molar-refractivity contribution in [1.29, 1.82) is 0 Å². The summed E-state index contributed by atoms with van der Waals surface area (Å²) in [4.78, 5) is 0. The van der Waals surface area contributed by atoms with Gasteiger partial charge in [0.1, 0.15) is 0 Å². The fourth-order valence-corrected chi connectivity index (χ4v) is 3.84. The highest BCUT2D eigenvalue weighted by molar-refractivity contribution is 7.86. The number of aliphatic hydroxyl groups is 1. The molecule has 1 fully saturated rings. The Balaban J connectivity index is 2.74. The molecule has 0 aromatic rings. The molecular weight excluding hydrogens is 228 g/mol. The summed E-state index contributed by atoms with van der Waals surface area (Å²) in [5.74, 6) is 0. The van der Waals surface area contributed by atoms with Gasteiger partial charge in [-0.3, -0.25) is 0 Å². The molecule has 6 heteroatoms. The Morgan fingerprint density at radius 3 is 2.31 bits per heavy atom. The second-order valence-corrected chi connectivity index (χ2v) is 6.28. The molecule has 1 aliphatic heterocycles. The van der Waals surface area contributed by atoms with Crippen LogP contribution in [0, 0.1) is 0 Å². The van der Waals surface area contributed by atoms with E-state index in [-0.39, 0.29) is 12.6 Å². The van der Waals surface area contributed by atoms with E-state index in [9.17, 15) is 8.42 Å². The predicted molar refractivity (Wildman–Crippen MR) is 63.3 cm³/mol. The fraction of sp³-hybridized carbons (Fsp3) is 1.00. The minimum Gasteiger partial charge on any atom is -0.396 e. The van der Waals surface area contributed by atoms with Gasteiger partial charge in [0, 0.05) is 32.3 Å². The molecule has 0 aromatic carbocycles. The van der Waals surface area contributed by atoms with Crippen molar-refractivity contribution in [2.45, 2.75) is 39.2 Å². The molecular formula is C10H22N2O3S. The molecule has 1 heterocycles. The van der Waals surface area contributed by atoms with Crippen molar-refractivity contribution in [3.8, 4) is 0 Å². The lowest BCUT2D eigenvalue weighted by atomic mass is 10.3. The molecule has 0 saturated carbocycles. The van der Waals surface area contributed by atoms with Crippen LogP contribution in [0.15, 0.2) is 0 Å². The van der Waals surface area contributed by atoms with Gasteiger partial charge in [0.2, 0.25) is 0 Å². The van der Waals surface area contributed by atoms with Crippen LogP contribution in [0.3, 0.4) is 0 Å². The summed E-state index contributed by atoms with van der Waals surface area (Å²) in [6.07, 6.45) is 2.39. The molecule has 0 aliphatic carbocycles. The third-order valence-electron chi connectivity index (χ3n) is 2.80. The molecule has 1 rings (SSSR count). The quantitative estimate of drug-likeness (QED) is 0.743. The molecule has 0 unspecified atom stereocenters. The number of rotatable bonds is 6. The van der Waals surface area contributed by atoms with Crippen molar-refractivity contribution in [3.05, 3.63) is 0 Å². The first-order valence-electron chi connectivity index (χ1n) is 5.88. The first-order valence-corrected chi connectivity index (χ1v) is 7.27. The molecule has 0 spiro atoms. The molecule has 0 atom stereocenters. The largest absolute Gasteiger partial charge is 0.396 e. The third-order valence-corrected chi connectivity index (χ3v) is 5.01.